The van der Waals surface area contributed by atoms with Gasteiger partial charge in [-0.2, -0.15) is 0 Å². The minimum atomic E-state index is 0.541. The number of likely N-dealkylation sites (N-methyl/N-ethyl adjacent to an activating group) is 1. The summed E-state index contributed by atoms with van der Waals surface area (Å²) < 4.78 is 5.78. The molecule has 0 spiro atoms. The van der Waals surface area contributed by atoms with Crippen molar-refractivity contribution in [1.82, 2.24) is 9.88 Å². The summed E-state index contributed by atoms with van der Waals surface area (Å²) in [6.45, 7) is 3.12. The molecular formula is C16H22N2O. The van der Waals surface area contributed by atoms with Crippen LogP contribution in [0.3, 0.4) is 0 Å². The van der Waals surface area contributed by atoms with Gasteiger partial charge in [-0.25, -0.2) is 0 Å². The number of aromatic amines is 1. The van der Waals surface area contributed by atoms with Crippen molar-refractivity contribution >= 4 is 10.9 Å². The van der Waals surface area contributed by atoms with Crippen LogP contribution in [0.1, 0.15) is 24.5 Å². The minimum Gasteiger partial charge on any atom is -0.493 e. The maximum atomic E-state index is 5.78. The number of H-pyrrole nitrogens is 1. The van der Waals surface area contributed by atoms with Crippen LogP contribution in [-0.2, 0) is 12.8 Å². The second-order valence-electron chi connectivity index (χ2n) is 5.75. The molecule has 3 heteroatoms. The lowest BCUT2D eigenvalue weighted by atomic mass is 9.97. The monoisotopic (exact) mass is 258 g/mol. The number of rotatable bonds is 3. The molecule has 1 aromatic heterocycles. The van der Waals surface area contributed by atoms with Gasteiger partial charge in [0.1, 0.15) is 5.75 Å². The van der Waals surface area contributed by atoms with E-state index in [1.54, 1.807) is 0 Å². The van der Waals surface area contributed by atoms with Crippen molar-refractivity contribution in [3.8, 4) is 5.75 Å². The van der Waals surface area contributed by atoms with Crippen LogP contribution in [0.5, 0.6) is 5.75 Å². The van der Waals surface area contributed by atoms with E-state index < -0.39 is 0 Å². The van der Waals surface area contributed by atoms with Crippen LogP contribution in [0.2, 0.25) is 0 Å². The zero-order valence-corrected chi connectivity index (χ0v) is 12.0. The molecule has 1 aromatic carbocycles. The first-order chi connectivity index (χ1) is 9.16. The molecule has 0 radical (unpaired) electrons. The number of aryl methyl sites for hydroxylation is 1. The molecule has 1 N–H and O–H groups in total. The highest BCUT2D eigenvalue weighted by molar-refractivity contribution is 5.89. The Hall–Kier alpha value is -1.48. The second-order valence-corrected chi connectivity index (χ2v) is 5.75. The Kier molecular flexibility index (Phi) is 3.23. The Bertz CT molecular complexity index is 586. The SMILES string of the molecule is C[C@@H](Cc1c[nH]c2ccc3c(c12)CCCO3)N(C)C. The minimum absolute atomic E-state index is 0.541. The molecule has 1 atom stereocenters. The van der Waals surface area contributed by atoms with Gasteiger partial charge in [0.25, 0.3) is 0 Å². The summed E-state index contributed by atoms with van der Waals surface area (Å²) in [5.74, 6) is 1.08. The second kappa shape index (κ2) is 4.89. The third-order valence-corrected chi connectivity index (χ3v) is 4.22. The Labute approximate surface area is 114 Å². The van der Waals surface area contributed by atoms with Crippen LogP contribution in [-0.4, -0.2) is 36.6 Å². The molecule has 1 aliphatic heterocycles. The zero-order chi connectivity index (χ0) is 13.4. The van der Waals surface area contributed by atoms with Crippen molar-refractivity contribution in [3.63, 3.8) is 0 Å². The molecule has 0 aliphatic carbocycles. The van der Waals surface area contributed by atoms with Gasteiger partial charge < -0.3 is 14.6 Å². The largest absolute Gasteiger partial charge is 0.493 e. The quantitative estimate of drug-likeness (QED) is 0.916. The highest BCUT2D eigenvalue weighted by Gasteiger charge is 2.18. The van der Waals surface area contributed by atoms with Crippen molar-refractivity contribution in [2.45, 2.75) is 32.2 Å². The number of nitrogens with one attached hydrogen (secondary N) is 1. The smallest absolute Gasteiger partial charge is 0.123 e. The lowest BCUT2D eigenvalue weighted by molar-refractivity contribution is 0.289. The van der Waals surface area contributed by atoms with E-state index in [9.17, 15) is 0 Å². The van der Waals surface area contributed by atoms with Gasteiger partial charge in [0.2, 0.25) is 0 Å². The molecule has 2 aromatic rings. The van der Waals surface area contributed by atoms with Crippen LogP contribution in [0, 0.1) is 0 Å². The average molecular weight is 258 g/mol. The fourth-order valence-electron chi connectivity index (χ4n) is 2.83. The van der Waals surface area contributed by atoms with E-state index in [0.29, 0.717) is 6.04 Å². The van der Waals surface area contributed by atoms with Crippen LogP contribution in [0.4, 0.5) is 0 Å². The molecule has 102 valence electrons. The Morgan fingerprint density at radius 2 is 2.21 bits per heavy atom. The fourth-order valence-corrected chi connectivity index (χ4v) is 2.83. The van der Waals surface area contributed by atoms with Gasteiger partial charge in [0.05, 0.1) is 6.61 Å². The third kappa shape index (κ3) is 2.23. The summed E-state index contributed by atoms with van der Waals surface area (Å²) in [4.78, 5) is 5.68. The number of aromatic nitrogens is 1. The summed E-state index contributed by atoms with van der Waals surface area (Å²) >= 11 is 0. The number of nitrogens with zero attached hydrogens (tertiary/aromatic N) is 1. The molecule has 3 nitrogen and oxygen atoms in total. The van der Waals surface area contributed by atoms with Gasteiger partial charge in [0.15, 0.2) is 0 Å². The first kappa shape index (κ1) is 12.5. The van der Waals surface area contributed by atoms with E-state index in [4.69, 9.17) is 4.74 Å². The number of benzene rings is 1. The van der Waals surface area contributed by atoms with Crippen molar-refractivity contribution in [1.29, 1.82) is 0 Å². The van der Waals surface area contributed by atoms with E-state index in [1.165, 1.54) is 22.0 Å². The normalized spacial score (nSPS) is 16.4. The van der Waals surface area contributed by atoms with E-state index in [0.717, 1.165) is 31.6 Å². The molecule has 0 unspecified atom stereocenters. The van der Waals surface area contributed by atoms with Gasteiger partial charge in [-0.3, -0.25) is 0 Å². The van der Waals surface area contributed by atoms with Gasteiger partial charge in [0, 0.05) is 28.7 Å². The highest BCUT2D eigenvalue weighted by Crippen LogP contribution is 2.34. The molecule has 19 heavy (non-hydrogen) atoms. The molecule has 0 saturated heterocycles. The van der Waals surface area contributed by atoms with E-state index >= 15 is 0 Å². The number of hydrogen-bond donors (Lipinski definition) is 1. The van der Waals surface area contributed by atoms with Crippen LogP contribution < -0.4 is 4.74 Å². The molecule has 2 heterocycles. The fraction of sp³-hybridized carbons (Fsp3) is 0.500. The van der Waals surface area contributed by atoms with Crippen molar-refractivity contribution < 1.29 is 4.74 Å². The van der Waals surface area contributed by atoms with Crippen LogP contribution >= 0.6 is 0 Å². The summed E-state index contributed by atoms with van der Waals surface area (Å²) in [5.41, 5.74) is 4.05. The standard InChI is InChI=1S/C16H22N2O/c1-11(18(2)3)9-12-10-17-14-6-7-15-13(16(12)14)5-4-8-19-15/h6-7,10-11,17H,4-5,8-9H2,1-3H3/t11-/m0/s1. The lowest BCUT2D eigenvalue weighted by Gasteiger charge is -2.21. The topological polar surface area (TPSA) is 28.3 Å². The average Bonchev–Trinajstić information content (AvgIpc) is 2.82. The lowest BCUT2D eigenvalue weighted by Crippen LogP contribution is -2.26. The Morgan fingerprint density at radius 3 is 3.00 bits per heavy atom. The Balaban J connectivity index is 2.05. The maximum Gasteiger partial charge on any atom is 0.123 e. The molecule has 1 aliphatic rings. The van der Waals surface area contributed by atoms with Crippen molar-refractivity contribution in [3.05, 3.63) is 29.5 Å². The third-order valence-electron chi connectivity index (χ3n) is 4.22. The predicted octanol–water partition coefficient (Wildman–Crippen LogP) is 2.99. The molecular weight excluding hydrogens is 236 g/mol. The maximum absolute atomic E-state index is 5.78. The van der Waals surface area contributed by atoms with Crippen molar-refractivity contribution in [2.24, 2.45) is 0 Å². The Morgan fingerprint density at radius 1 is 1.37 bits per heavy atom. The molecule has 0 bridgehead atoms. The van der Waals surface area contributed by atoms with Gasteiger partial charge in [-0.05, 0) is 58.0 Å². The van der Waals surface area contributed by atoms with Gasteiger partial charge in [-0.15, -0.1) is 0 Å². The number of fused-ring (bicyclic) bond motifs is 3. The van der Waals surface area contributed by atoms with E-state index in [-0.39, 0.29) is 0 Å². The number of ether oxygens (including phenoxy) is 1. The summed E-state index contributed by atoms with van der Waals surface area (Å²) in [5, 5.41) is 1.39. The summed E-state index contributed by atoms with van der Waals surface area (Å²) in [6.07, 6.45) is 5.50. The summed E-state index contributed by atoms with van der Waals surface area (Å²) in [6, 6.07) is 4.79. The first-order valence-corrected chi connectivity index (χ1v) is 7.08. The van der Waals surface area contributed by atoms with E-state index in [2.05, 4.69) is 49.2 Å². The highest BCUT2D eigenvalue weighted by atomic mass is 16.5. The van der Waals surface area contributed by atoms with Crippen molar-refractivity contribution in [2.75, 3.05) is 20.7 Å². The van der Waals surface area contributed by atoms with Gasteiger partial charge >= 0.3 is 0 Å². The zero-order valence-electron chi connectivity index (χ0n) is 12.0. The van der Waals surface area contributed by atoms with Crippen LogP contribution in [0.15, 0.2) is 18.3 Å². The molecule has 0 fully saturated rings. The molecule has 3 rings (SSSR count). The first-order valence-electron chi connectivity index (χ1n) is 7.08. The molecule has 0 saturated carbocycles. The van der Waals surface area contributed by atoms with Crippen LogP contribution in [0.25, 0.3) is 10.9 Å². The predicted molar refractivity (Wildman–Crippen MR) is 79.0 cm³/mol. The molecule has 0 amide bonds. The summed E-state index contributed by atoms with van der Waals surface area (Å²) in [7, 11) is 4.27. The van der Waals surface area contributed by atoms with Gasteiger partial charge in [-0.1, -0.05) is 0 Å². The van der Waals surface area contributed by atoms with E-state index in [1.807, 2.05) is 0 Å². The number of hydrogen-bond acceptors (Lipinski definition) is 2.